The summed E-state index contributed by atoms with van der Waals surface area (Å²) >= 11 is 11.7. The highest BCUT2D eigenvalue weighted by Crippen LogP contribution is 2.22. The van der Waals surface area contributed by atoms with Crippen molar-refractivity contribution in [1.29, 1.82) is 0 Å². The molecule has 110 valence electrons. The minimum Gasteiger partial charge on any atom is -0.390 e. The molecule has 0 aliphatic rings. The van der Waals surface area contributed by atoms with Gasteiger partial charge < -0.3 is 10.2 Å². The van der Waals surface area contributed by atoms with Crippen molar-refractivity contribution in [2.75, 3.05) is 0 Å². The highest BCUT2D eigenvalue weighted by Gasteiger charge is 2.01. The van der Waals surface area contributed by atoms with Gasteiger partial charge in [-0.25, -0.2) is 9.67 Å². The molecule has 1 amide bonds. The average Bonchev–Trinajstić information content (AvgIpc) is 2.95. The number of hydrogen-bond acceptors (Lipinski definition) is 5. The van der Waals surface area contributed by atoms with Crippen LogP contribution in [0.4, 0.5) is 0 Å². The summed E-state index contributed by atoms with van der Waals surface area (Å²) in [6, 6.07) is 5.13. The van der Waals surface area contributed by atoms with Crippen LogP contribution in [-0.2, 0) is 22.8 Å². The Balaban J connectivity index is 1.70. The summed E-state index contributed by atoms with van der Waals surface area (Å²) < 4.78 is 1.39. The predicted octanol–water partition coefficient (Wildman–Crippen LogP) is 1.86. The summed E-state index contributed by atoms with van der Waals surface area (Å²) in [5.74, 6) is -0.289. The molecule has 0 atom stereocenters. The van der Waals surface area contributed by atoms with E-state index in [1.54, 1.807) is 18.2 Å². The minimum atomic E-state index is -0.289. The highest BCUT2D eigenvalue weighted by molar-refractivity contribution is 6.42. The van der Waals surface area contributed by atoms with Gasteiger partial charge in [-0.15, -0.1) is 0 Å². The Morgan fingerprint density at radius 3 is 3.00 bits per heavy atom. The Hall–Kier alpha value is -2.12. The van der Waals surface area contributed by atoms with E-state index in [1.807, 2.05) is 0 Å². The summed E-state index contributed by atoms with van der Waals surface area (Å²) in [6.07, 6.45) is 3.95. The third-order valence-electron chi connectivity index (χ3n) is 2.34. The summed E-state index contributed by atoms with van der Waals surface area (Å²) in [5.41, 5.74) is 0.815. The molecule has 0 spiro atoms. The number of oxime groups is 1. The lowest BCUT2D eigenvalue weighted by Crippen LogP contribution is -2.26. The Morgan fingerprint density at radius 2 is 2.29 bits per heavy atom. The molecule has 0 aliphatic carbocycles. The number of benzene rings is 1. The number of nitrogens with one attached hydrogen (secondary N) is 1. The number of hydrogen-bond donors (Lipinski definition) is 1. The Bertz CT molecular complexity index is 631. The monoisotopic (exact) mass is 327 g/mol. The number of amides is 1. The number of rotatable bonds is 6. The molecular formula is C12H11Cl2N5O2. The molecule has 0 aliphatic heterocycles. The van der Waals surface area contributed by atoms with Crippen molar-refractivity contribution in [2.24, 2.45) is 5.16 Å². The first kappa shape index (κ1) is 15.3. The summed E-state index contributed by atoms with van der Waals surface area (Å²) in [5, 5.41) is 10.8. The topological polar surface area (TPSA) is 81.4 Å². The lowest BCUT2D eigenvalue weighted by Gasteiger charge is -2.02. The van der Waals surface area contributed by atoms with Gasteiger partial charge in [-0.2, -0.15) is 5.10 Å². The maximum absolute atomic E-state index is 11.4. The zero-order chi connectivity index (χ0) is 15.1. The molecule has 21 heavy (non-hydrogen) atoms. The number of halogens is 2. The molecule has 7 nitrogen and oxygen atoms in total. The van der Waals surface area contributed by atoms with E-state index in [1.165, 1.54) is 17.3 Å². The van der Waals surface area contributed by atoms with E-state index in [0.29, 0.717) is 10.0 Å². The van der Waals surface area contributed by atoms with Crippen LogP contribution in [0.2, 0.25) is 10.0 Å². The fourth-order valence-electron chi connectivity index (χ4n) is 1.38. The van der Waals surface area contributed by atoms with Crippen LogP contribution in [-0.4, -0.2) is 27.0 Å². The lowest BCUT2D eigenvalue weighted by atomic mass is 10.2. The molecule has 0 saturated heterocycles. The highest BCUT2D eigenvalue weighted by atomic mass is 35.5. The second-order valence-electron chi connectivity index (χ2n) is 3.92. The van der Waals surface area contributed by atoms with Crippen LogP contribution in [0, 0.1) is 0 Å². The normalized spacial score (nSPS) is 10.8. The summed E-state index contributed by atoms with van der Waals surface area (Å²) in [6.45, 7) is 0.269. The van der Waals surface area contributed by atoms with Gasteiger partial charge in [-0.05, 0) is 17.7 Å². The van der Waals surface area contributed by atoms with Crippen molar-refractivity contribution in [3.8, 4) is 0 Å². The van der Waals surface area contributed by atoms with Crippen LogP contribution in [0.3, 0.4) is 0 Å². The Kier molecular flexibility index (Phi) is 5.53. The van der Waals surface area contributed by atoms with Crippen LogP contribution in [0.1, 0.15) is 5.56 Å². The van der Waals surface area contributed by atoms with E-state index in [9.17, 15) is 4.79 Å². The number of aromatic nitrogens is 3. The molecule has 0 saturated carbocycles. The zero-order valence-electron chi connectivity index (χ0n) is 10.7. The van der Waals surface area contributed by atoms with Gasteiger partial charge in [0.05, 0.1) is 10.0 Å². The van der Waals surface area contributed by atoms with Crippen LogP contribution < -0.4 is 5.32 Å². The van der Waals surface area contributed by atoms with Crippen LogP contribution in [0.25, 0.3) is 0 Å². The molecule has 2 rings (SSSR count). The van der Waals surface area contributed by atoms with E-state index in [-0.39, 0.29) is 19.1 Å². The second kappa shape index (κ2) is 7.61. The van der Waals surface area contributed by atoms with Crippen molar-refractivity contribution < 1.29 is 9.63 Å². The second-order valence-corrected chi connectivity index (χ2v) is 4.73. The van der Waals surface area contributed by atoms with Gasteiger partial charge in [0.2, 0.25) is 5.91 Å². The fourth-order valence-corrected chi connectivity index (χ4v) is 1.70. The van der Waals surface area contributed by atoms with Crippen molar-refractivity contribution in [3.05, 3.63) is 46.5 Å². The smallest absolute Gasteiger partial charge is 0.246 e. The van der Waals surface area contributed by atoms with Crippen molar-refractivity contribution in [3.63, 3.8) is 0 Å². The third-order valence-corrected chi connectivity index (χ3v) is 3.08. The quantitative estimate of drug-likeness (QED) is 0.499. The van der Waals surface area contributed by atoms with E-state index in [4.69, 9.17) is 28.0 Å². The molecule has 0 radical (unpaired) electrons. The van der Waals surface area contributed by atoms with E-state index >= 15 is 0 Å². The van der Waals surface area contributed by atoms with E-state index in [0.717, 1.165) is 11.9 Å². The molecule has 0 unspecified atom stereocenters. The Morgan fingerprint density at radius 1 is 1.43 bits per heavy atom. The van der Waals surface area contributed by atoms with Crippen molar-refractivity contribution in [1.82, 2.24) is 20.1 Å². The van der Waals surface area contributed by atoms with Gasteiger partial charge in [-0.1, -0.05) is 34.4 Å². The molecule has 2 aromatic rings. The first-order valence-corrected chi connectivity index (χ1v) is 6.60. The minimum absolute atomic E-state index is 0.0544. The van der Waals surface area contributed by atoms with Crippen molar-refractivity contribution >= 4 is 35.4 Å². The predicted molar refractivity (Wildman–Crippen MR) is 77.9 cm³/mol. The Labute approximate surface area is 130 Å². The molecule has 1 aromatic carbocycles. The maximum atomic E-state index is 11.4. The third kappa shape index (κ3) is 5.05. The summed E-state index contributed by atoms with van der Waals surface area (Å²) in [4.78, 5) is 20.2. The molecule has 1 aromatic heterocycles. The molecule has 0 fully saturated rings. The molecule has 0 bridgehead atoms. The lowest BCUT2D eigenvalue weighted by molar-refractivity contribution is -0.120. The van der Waals surface area contributed by atoms with Crippen LogP contribution in [0.5, 0.6) is 0 Å². The SMILES string of the molecule is O=C(Cn1cncn1)NC=NOCc1ccc(Cl)c(Cl)c1. The number of carbonyl (C=O) groups is 1. The number of carbonyl (C=O) groups excluding carboxylic acids is 1. The maximum Gasteiger partial charge on any atom is 0.246 e. The standard InChI is InChI=1S/C12H11Cl2N5O2/c13-10-2-1-9(3-11(10)14)5-21-18-7-16-12(20)4-19-8-15-6-17-19/h1-3,6-8H,4-5H2,(H,16,18,20). The van der Waals surface area contributed by atoms with E-state index < -0.39 is 0 Å². The molecule has 1 N–H and O–H groups in total. The van der Waals surface area contributed by atoms with Gasteiger partial charge in [0.1, 0.15) is 32.1 Å². The molecule has 9 heteroatoms. The molecular weight excluding hydrogens is 317 g/mol. The first-order valence-electron chi connectivity index (χ1n) is 5.84. The van der Waals surface area contributed by atoms with Crippen LogP contribution in [0.15, 0.2) is 36.0 Å². The van der Waals surface area contributed by atoms with E-state index in [2.05, 4.69) is 20.6 Å². The van der Waals surface area contributed by atoms with Gasteiger partial charge in [0.25, 0.3) is 0 Å². The average molecular weight is 328 g/mol. The summed E-state index contributed by atoms with van der Waals surface area (Å²) in [7, 11) is 0. The van der Waals surface area contributed by atoms with Crippen molar-refractivity contribution in [2.45, 2.75) is 13.2 Å². The fraction of sp³-hybridized carbons (Fsp3) is 0.167. The largest absolute Gasteiger partial charge is 0.390 e. The first-order chi connectivity index (χ1) is 10.1. The van der Waals surface area contributed by atoms with Gasteiger partial charge in [-0.3, -0.25) is 4.79 Å². The van der Waals surface area contributed by atoms with Gasteiger partial charge in [0.15, 0.2) is 0 Å². The van der Waals surface area contributed by atoms with Gasteiger partial charge in [0, 0.05) is 0 Å². The molecule has 1 heterocycles. The van der Waals surface area contributed by atoms with Crippen LogP contribution >= 0.6 is 23.2 Å². The zero-order valence-corrected chi connectivity index (χ0v) is 12.3. The number of nitrogens with zero attached hydrogens (tertiary/aromatic N) is 4. The van der Waals surface area contributed by atoms with Gasteiger partial charge >= 0.3 is 0 Å².